The van der Waals surface area contributed by atoms with Crippen LogP contribution in [0.15, 0.2) is 11.0 Å². The Hall–Kier alpha value is -1.72. The SMILES string of the molecule is O=CNc1ncc(F)[nH]c1=O. The summed E-state index contributed by atoms with van der Waals surface area (Å²) in [5.74, 6) is -1.06. The van der Waals surface area contributed by atoms with Gasteiger partial charge in [-0.3, -0.25) is 14.6 Å². The Balaban J connectivity index is 3.09. The summed E-state index contributed by atoms with van der Waals surface area (Å²) in [4.78, 5) is 25.6. The summed E-state index contributed by atoms with van der Waals surface area (Å²) in [5.41, 5.74) is -0.767. The summed E-state index contributed by atoms with van der Waals surface area (Å²) in [6.07, 6.45) is 1.09. The van der Waals surface area contributed by atoms with E-state index in [1.54, 1.807) is 0 Å². The van der Waals surface area contributed by atoms with Gasteiger partial charge in [0.25, 0.3) is 5.56 Å². The molecule has 1 aromatic heterocycles. The van der Waals surface area contributed by atoms with Crippen molar-refractivity contribution in [2.75, 3.05) is 5.32 Å². The van der Waals surface area contributed by atoms with Crippen molar-refractivity contribution >= 4 is 12.2 Å². The zero-order valence-electron chi connectivity index (χ0n) is 5.30. The predicted octanol–water partition coefficient (Wildman–Crippen LogP) is -0.523. The first kappa shape index (κ1) is 7.39. The molecule has 0 aliphatic carbocycles. The maximum atomic E-state index is 12.2. The summed E-state index contributed by atoms with van der Waals surface area (Å²) in [5, 5.41) is 2.00. The first-order chi connectivity index (χ1) is 5.24. The molecule has 0 saturated carbocycles. The number of amides is 1. The van der Waals surface area contributed by atoms with Gasteiger partial charge in [-0.2, -0.15) is 4.39 Å². The van der Waals surface area contributed by atoms with E-state index in [0.29, 0.717) is 0 Å². The van der Waals surface area contributed by atoms with Gasteiger partial charge in [0.1, 0.15) is 0 Å². The van der Waals surface area contributed by atoms with E-state index >= 15 is 0 Å². The number of nitrogens with one attached hydrogen (secondary N) is 2. The highest BCUT2D eigenvalue weighted by molar-refractivity contribution is 5.67. The van der Waals surface area contributed by atoms with Gasteiger partial charge in [-0.1, -0.05) is 0 Å². The number of carbonyl (C=O) groups is 1. The average molecular weight is 157 g/mol. The Morgan fingerprint density at radius 3 is 3.00 bits per heavy atom. The van der Waals surface area contributed by atoms with Crippen molar-refractivity contribution in [3.05, 3.63) is 22.5 Å². The van der Waals surface area contributed by atoms with Crippen LogP contribution < -0.4 is 10.9 Å². The third-order valence-corrected chi connectivity index (χ3v) is 0.951. The number of aromatic nitrogens is 2. The highest BCUT2D eigenvalue weighted by atomic mass is 19.1. The van der Waals surface area contributed by atoms with Gasteiger partial charge < -0.3 is 5.32 Å². The molecule has 1 amide bonds. The molecule has 0 aliphatic heterocycles. The molecule has 6 heteroatoms. The molecule has 0 unspecified atom stereocenters. The minimum absolute atomic E-state index is 0.221. The summed E-state index contributed by atoms with van der Waals surface area (Å²) in [7, 11) is 0. The molecular weight excluding hydrogens is 153 g/mol. The molecule has 58 valence electrons. The molecule has 0 radical (unpaired) electrons. The van der Waals surface area contributed by atoms with Gasteiger partial charge in [-0.25, -0.2) is 4.98 Å². The molecule has 0 spiro atoms. The van der Waals surface area contributed by atoms with Gasteiger partial charge in [-0.15, -0.1) is 0 Å². The first-order valence-corrected chi connectivity index (χ1v) is 2.69. The van der Waals surface area contributed by atoms with Gasteiger partial charge in [0, 0.05) is 0 Å². The van der Waals surface area contributed by atoms with Gasteiger partial charge >= 0.3 is 0 Å². The predicted molar refractivity (Wildman–Crippen MR) is 34.5 cm³/mol. The number of halogens is 1. The Bertz CT molecular complexity index is 322. The van der Waals surface area contributed by atoms with Crippen LogP contribution in [0.4, 0.5) is 10.2 Å². The number of aromatic amines is 1. The van der Waals surface area contributed by atoms with E-state index in [1.807, 2.05) is 10.3 Å². The molecule has 0 bridgehead atoms. The van der Waals surface area contributed by atoms with E-state index in [1.165, 1.54) is 0 Å². The normalized spacial score (nSPS) is 9.18. The van der Waals surface area contributed by atoms with Crippen LogP contribution in [0.3, 0.4) is 0 Å². The molecule has 1 heterocycles. The maximum Gasteiger partial charge on any atom is 0.293 e. The number of anilines is 1. The number of H-pyrrole nitrogens is 1. The van der Waals surface area contributed by atoms with Gasteiger partial charge in [0.15, 0.2) is 5.82 Å². The van der Waals surface area contributed by atoms with Crippen LogP contribution in [0, 0.1) is 5.95 Å². The molecule has 5 nitrogen and oxygen atoms in total. The highest BCUT2D eigenvalue weighted by Gasteiger charge is 1.99. The van der Waals surface area contributed by atoms with Crippen molar-refractivity contribution in [2.45, 2.75) is 0 Å². The smallest absolute Gasteiger partial charge is 0.293 e. The molecule has 0 atom stereocenters. The average Bonchev–Trinajstić information content (AvgIpc) is 1.95. The molecule has 0 saturated heterocycles. The van der Waals surface area contributed by atoms with E-state index in [-0.39, 0.29) is 12.2 Å². The van der Waals surface area contributed by atoms with Crippen LogP contribution in [0.25, 0.3) is 0 Å². The fraction of sp³-hybridized carbons (Fsp3) is 0. The molecular formula is C5H4FN3O2. The van der Waals surface area contributed by atoms with Crippen molar-refractivity contribution in [1.29, 1.82) is 0 Å². The molecule has 0 aliphatic rings. The van der Waals surface area contributed by atoms with E-state index in [4.69, 9.17) is 0 Å². The Morgan fingerprint density at radius 2 is 2.45 bits per heavy atom. The topological polar surface area (TPSA) is 74.8 Å². The van der Waals surface area contributed by atoms with Crippen molar-refractivity contribution in [3.8, 4) is 0 Å². The van der Waals surface area contributed by atoms with Gasteiger partial charge in [-0.05, 0) is 0 Å². The van der Waals surface area contributed by atoms with E-state index in [2.05, 4.69) is 4.98 Å². The van der Waals surface area contributed by atoms with Crippen LogP contribution in [0.2, 0.25) is 0 Å². The Morgan fingerprint density at radius 1 is 1.73 bits per heavy atom. The fourth-order valence-corrected chi connectivity index (χ4v) is 0.538. The minimum atomic E-state index is -0.841. The zero-order chi connectivity index (χ0) is 8.27. The van der Waals surface area contributed by atoms with Crippen molar-refractivity contribution in [2.24, 2.45) is 0 Å². The molecule has 11 heavy (non-hydrogen) atoms. The molecule has 2 N–H and O–H groups in total. The lowest BCUT2D eigenvalue weighted by Gasteiger charge is -1.93. The Labute approximate surface area is 60.3 Å². The monoisotopic (exact) mass is 157 g/mol. The van der Waals surface area contributed by atoms with Crippen LogP contribution in [-0.2, 0) is 4.79 Å². The van der Waals surface area contributed by atoms with E-state index in [0.717, 1.165) is 6.20 Å². The summed E-state index contributed by atoms with van der Waals surface area (Å²) < 4.78 is 12.2. The zero-order valence-corrected chi connectivity index (χ0v) is 5.30. The van der Waals surface area contributed by atoms with Gasteiger partial charge in [0.05, 0.1) is 6.20 Å². The second-order valence-corrected chi connectivity index (χ2v) is 1.67. The summed E-state index contributed by atoms with van der Waals surface area (Å²) in [6, 6.07) is 0. The second kappa shape index (κ2) is 2.91. The summed E-state index contributed by atoms with van der Waals surface area (Å²) >= 11 is 0. The van der Waals surface area contributed by atoms with E-state index < -0.39 is 11.5 Å². The third-order valence-electron chi connectivity index (χ3n) is 0.951. The van der Waals surface area contributed by atoms with Crippen molar-refractivity contribution in [3.63, 3.8) is 0 Å². The van der Waals surface area contributed by atoms with Crippen LogP contribution >= 0.6 is 0 Å². The molecule has 1 rings (SSSR count). The number of carbonyl (C=O) groups excluding carboxylic acids is 1. The highest BCUT2D eigenvalue weighted by Crippen LogP contribution is 1.89. The van der Waals surface area contributed by atoms with Crippen LogP contribution in [-0.4, -0.2) is 16.4 Å². The first-order valence-electron chi connectivity index (χ1n) is 2.69. The van der Waals surface area contributed by atoms with Crippen molar-refractivity contribution in [1.82, 2.24) is 9.97 Å². The lowest BCUT2D eigenvalue weighted by Crippen LogP contribution is -2.16. The molecule has 0 aromatic carbocycles. The van der Waals surface area contributed by atoms with Crippen LogP contribution in [0.1, 0.15) is 0 Å². The molecule has 0 fully saturated rings. The number of rotatable bonds is 2. The van der Waals surface area contributed by atoms with Gasteiger partial charge in [0.2, 0.25) is 12.4 Å². The van der Waals surface area contributed by atoms with Crippen molar-refractivity contribution < 1.29 is 9.18 Å². The Kier molecular flexibility index (Phi) is 1.95. The lowest BCUT2D eigenvalue weighted by molar-refractivity contribution is -0.105. The fourth-order valence-electron chi connectivity index (χ4n) is 0.538. The second-order valence-electron chi connectivity index (χ2n) is 1.67. The largest absolute Gasteiger partial charge is 0.309 e. The maximum absolute atomic E-state index is 12.2. The third kappa shape index (κ3) is 1.60. The minimum Gasteiger partial charge on any atom is -0.309 e. The quantitative estimate of drug-likeness (QED) is 0.567. The standard InChI is InChI=1S/C5H4FN3O2/c6-3-1-7-4(8-2-10)5(11)9-3/h1-2H,(H,9,11)(H,7,8,10). The number of nitrogens with zero attached hydrogens (tertiary/aromatic N) is 1. The summed E-state index contributed by atoms with van der Waals surface area (Å²) in [6.45, 7) is 0. The molecule has 1 aromatic rings. The number of hydrogen-bond acceptors (Lipinski definition) is 3. The number of hydrogen-bond donors (Lipinski definition) is 2. The lowest BCUT2D eigenvalue weighted by atomic mass is 10.6. The van der Waals surface area contributed by atoms with Crippen LogP contribution in [0.5, 0.6) is 0 Å². The van der Waals surface area contributed by atoms with E-state index in [9.17, 15) is 14.0 Å².